The Morgan fingerprint density at radius 2 is 2.21 bits per heavy atom. The van der Waals surface area contributed by atoms with Crippen molar-refractivity contribution in [2.24, 2.45) is 0 Å². The van der Waals surface area contributed by atoms with Gasteiger partial charge in [-0.3, -0.25) is 5.32 Å². The lowest BCUT2D eigenvalue weighted by Gasteiger charge is -2.02. The van der Waals surface area contributed by atoms with Crippen LogP contribution in [0.25, 0.3) is 0 Å². The van der Waals surface area contributed by atoms with Gasteiger partial charge in [0.1, 0.15) is 5.82 Å². The summed E-state index contributed by atoms with van der Waals surface area (Å²) in [5.41, 5.74) is -0.0801. The zero-order chi connectivity index (χ0) is 13.1. The summed E-state index contributed by atoms with van der Waals surface area (Å²) in [6, 6.07) is 2.98. The standard InChI is InChI=1S/C9H8N4O5.ClH/c14-7-12-9(17)18-13(7)4-5-1-2-6(10-3-5)11-8(15)16;/h1-3H,4H2,(H,10,11)(H,15,16)(H,12,14,17);1H. The summed E-state index contributed by atoms with van der Waals surface area (Å²) in [5.74, 6) is -0.675. The second-order valence-corrected chi connectivity index (χ2v) is 3.33. The van der Waals surface area contributed by atoms with Crippen LogP contribution in [0, 0.1) is 0 Å². The molecule has 10 heteroatoms. The maximum Gasteiger partial charge on any atom is 0.440 e. The van der Waals surface area contributed by atoms with Crippen molar-refractivity contribution in [2.75, 3.05) is 5.32 Å². The molecule has 0 fully saturated rings. The van der Waals surface area contributed by atoms with Crippen molar-refractivity contribution in [1.82, 2.24) is 14.7 Å². The molecule has 2 aromatic heterocycles. The number of nitrogens with one attached hydrogen (secondary N) is 2. The molecule has 9 nitrogen and oxygen atoms in total. The van der Waals surface area contributed by atoms with Crippen molar-refractivity contribution in [3.63, 3.8) is 0 Å². The molecule has 1 amide bonds. The van der Waals surface area contributed by atoms with Gasteiger partial charge in [0.2, 0.25) is 0 Å². The number of amides is 1. The lowest BCUT2D eigenvalue weighted by atomic mass is 10.3. The number of hydrogen-bond acceptors (Lipinski definition) is 5. The fraction of sp³-hybridized carbons (Fsp3) is 0.111. The molecule has 102 valence electrons. The van der Waals surface area contributed by atoms with E-state index in [4.69, 9.17) is 5.11 Å². The number of pyridine rings is 1. The molecule has 0 aliphatic carbocycles. The Balaban J connectivity index is 0.00000180. The van der Waals surface area contributed by atoms with Gasteiger partial charge in [0.25, 0.3) is 0 Å². The summed E-state index contributed by atoms with van der Waals surface area (Å²) in [4.78, 5) is 38.0. The second kappa shape index (κ2) is 5.87. The van der Waals surface area contributed by atoms with Gasteiger partial charge in [0, 0.05) is 6.20 Å². The Morgan fingerprint density at radius 3 is 2.68 bits per heavy atom. The van der Waals surface area contributed by atoms with Crippen LogP contribution in [0.3, 0.4) is 0 Å². The van der Waals surface area contributed by atoms with E-state index in [1.807, 2.05) is 4.98 Å². The lowest BCUT2D eigenvalue weighted by molar-refractivity contribution is 0.209. The SMILES string of the molecule is Cl.O=C(O)Nc1ccc(Cn2oc(=O)[nH]c2=O)cn1. The van der Waals surface area contributed by atoms with Gasteiger partial charge in [0.05, 0.1) is 6.54 Å². The zero-order valence-corrected chi connectivity index (χ0v) is 10.1. The van der Waals surface area contributed by atoms with Crippen LogP contribution in [-0.2, 0) is 6.54 Å². The van der Waals surface area contributed by atoms with Gasteiger partial charge in [-0.1, -0.05) is 6.07 Å². The topological polar surface area (TPSA) is 130 Å². The van der Waals surface area contributed by atoms with Crippen LogP contribution in [0.5, 0.6) is 0 Å². The van der Waals surface area contributed by atoms with E-state index in [1.165, 1.54) is 12.3 Å². The van der Waals surface area contributed by atoms with Crippen molar-refractivity contribution in [1.29, 1.82) is 0 Å². The molecule has 2 aromatic rings. The van der Waals surface area contributed by atoms with Crippen LogP contribution in [0.2, 0.25) is 0 Å². The molecule has 0 unspecified atom stereocenters. The summed E-state index contributed by atoms with van der Waals surface area (Å²) >= 11 is 0. The quantitative estimate of drug-likeness (QED) is 0.733. The Bertz CT molecular complexity index is 671. The lowest BCUT2D eigenvalue weighted by Crippen LogP contribution is -2.17. The molecule has 3 N–H and O–H groups in total. The molecule has 2 heterocycles. The Morgan fingerprint density at radius 1 is 1.47 bits per heavy atom. The van der Waals surface area contributed by atoms with Crippen LogP contribution in [0.1, 0.15) is 5.56 Å². The number of anilines is 1. The van der Waals surface area contributed by atoms with Gasteiger partial charge >= 0.3 is 17.5 Å². The summed E-state index contributed by atoms with van der Waals surface area (Å²) in [6.07, 6.45) is 0.146. The predicted octanol–water partition coefficient (Wildman–Crippen LogP) is 0.0846. The van der Waals surface area contributed by atoms with Gasteiger partial charge in [0.15, 0.2) is 0 Å². The van der Waals surface area contributed by atoms with E-state index in [9.17, 15) is 14.4 Å². The van der Waals surface area contributed by atoms with Crippen LogP contribution in [0.4, 0.5) is 10.6 Å². The third-order valence-corrected chi connectivity index (χ3v) is 2.01. The number of H-pyrrole nitrogens is 1. The molecule has 0 spiro atoms. The molecule has 0 radical (unpaired) electrons. The first-order valence-corrected chi connectivity index (χ1v) is 4.80. The Kier molecular flexibility index (Phi) is 4.48. The largest absolute Gasteiger partial charge is 0.465 e. The van der Waals surface area contributed by atoms with E-state index >= 15 is 0 Å². The Hall–Kier alpha value is -2.55. The fourth-order valence-corrected chi connectivity index (χ4v) is 1.29. The molecule has 0 aliphatic rings. The highest BCUT2D eigenvalue weighted by atomic mass is 35.5. The van der Waals surface area contributed by atoms with Crippen molar-refractivity contribution < 1.29 is 14.4 Å². The number of carbonyl (C=O) groups is 1. The highest BCUT2D eigenvalue weighted by Crippen LogP contribution is 2.05. The summed E-state index contributed by atoms with van der Waals surface area (Å²) in [6.45, 7) is 0.0257. The van der Waals surface area contributed by atoms with E-state index in [1.54, 1.807) is 6.07 Å². The smallest absolute Gasteiger partial charge is 0.440 e. The van der Waals surface area contributed by atoms with Gasteiger partial charge < -0.3 is 9.63 Å². The molecular weight excluding hydrogens is 280 g/mol. The summed E-state index contributed by atoms with van der Waals surface area (Å²) in [7, 11) is 0. The normalized spacial score (nSPS) is 9.68. The maximum atomic E-state index is 11.2. The third-order valence-electron chi connectivity index (χ3n) is 2.01. The van der Waals surface area contributed by atoms with Crippen LogP contribution in [-0.4, -0.2) is 25.9 Å². The minimum atomic E-state index is -1.22. The average Bonchev–Trinajstić information content (AvgIpc) is 2.59. The van der Waals surface area contributed by atoms with Crippen LogP contribution >= 0.6 is 12.4 Å². The molecule has 0 aromatic carbocycles. The highest BCUT2D eigenvalue weighted by Gasteiger charge is 2.05. The summed E-state index contributed by atoms with van der Waals surface area (Å²) < 4.78 is 5.41. The monoisotopic (exact) mass is 288 g/mol. The number of nitrogens with zero attached hydrogens (tertiary/aromatic N) is 2. The molecule has 19 heavy (non-hydrogen) atoms. The van der Waals surface area contributed by atoms with Gasteiger partial charge in [-0.25, -0.2) is 24.4 Å². The molecule has 0 aliphatic heterocycles. The van der Waals surface area contributed by atoms with E-state index in [2.05, 4.69) is 14.8 Å². The second-order valence-electron chi connectivity index (χ2n) is 3.33. The van der Waals surface area contributed by atoms with Crippen molar-refractivity contribution >= 4 is 24.3 Å². The van der Waals surface area contributed by atoms with E-state index in [-0.39, 0.29) is 24.8 Å². The van der Waals surface area contributed by atoms with Crippen molar-refractivity contribution in [3.05, 3.63) is 44.9 Å². The number of rotatable bonds is 3. The van der Waals surface area contributed by atoms with E-state index in [0.29, 0.717) is 5.56 Å². The van der Waals surface area contributed by atoms with Crippen LogP contribution < -0.4 is 16.8 Å². The van der Waals surface area contributed by atoms with Gasteiger partial charge in [-0.2, -0.15) is 0 Å². The molecule has 0 atom stereocenters. The predicted molar refractivity (Wildman–Crippen MR) is 65.8 cm³/mol. The first-order chi connectivity index (χ1) is 8.54. The number of aromatic nitrogens is 3. The fourth-order valence-electron chi connectivity index (χ4n) is 1.29. The van der Waals surface area contributed by atoms with Gasteiger partial charge in [-0.15, -0.1) is 17.1 Å². The molecule has 0 bridgehead atoms. The molecular formula is C9H9ClN4O5. The minimum Gasteiger partial charge on any atom is -0.465 e. The minimum absolute atomic E-state index is 0. The summed E-state index contributed by atoms with van der Waals surface area (Å²) in [5, 5.41) is 10.5. The first-order valence-electron chi connectivity index (χ1n) is 4.80. The molecule has 2 rings (SSSR count). The number of aromatic amines is 1. The van der Waals surface area contributed by atoms with Crippen LogP contribution in [0.15, 0.2) is 32.4 Å². The number of carboxylic acid groups (broad SMARTS) is 1. The highest BCUT2D eigenvalue weighted by molar-refractivity contribution is 5.85. The zero-order valence-electron chi connectivity index (χ0n) is 9.32. The third kappa shape index (κ3) is 3.71. The average molecular weight is 289 g/mol. The maximum absolute atomic E-state index is 11.2. The molecule has 0 saturated carbocycles. The molecule has 0 saturated heterocycles. The number of halogens is 1. The van der Waals surface area contributed by atoms with Crippen molar-refractivity contribution in [2.45, 2.75) is 6.54 Å². The Labute approximate surface area is 111 Å². The van der Waals surface area contributed by atoms with E-state index in [0.717, 1.165) is 4.74 Å². The first kappa shape index (κ1) is 14.5. The van der Waals surface area contributed by atoms with Crippen molar-refractivity contribution in [3.8, 4) is 0 Å². The number of hydrogen-bond donors (Lipinski definition) is 3. The van der Waals surface area contributed by atoms with Gasteiger partial charge in [-0.05, 0) is 11.6 Å². The van der Waals surface area contributed by atoms with E-state index < -0.39 is 17.5 Å².